The Morgan fingerprint density at radius 1 is 1.17 bits per heavy atom. The second kappa shape index (κ2) is 7.52. The minimum atomic E-state index is -3.44. The molecule has 0 bridgehead atoms. The number of nitrogens with zero attached hydrogens (tertiary/aromatic N) is 2. The van der Waals surface area contributed by atoms with Crippen LogP contribution >= 0.6 is 0 Å². The Morgan fingerprint density at radius 2 is 1.88 bits per heavy atom. The Labute approximate surface area is 145 Å². The van der Waals surface area contributed by atoms with Crippen LogP contribution in [0.1, 0.15) is 25.8 Å². The summed E-state index contributed by atoms with van der Waals surface area (Å²) in [6.07, 6.45) is 1.20. The molecule has 0 amide bonds. The second-order valence-electron chi connectivity index (χ2n) is 7.15. The van der Waals surface area contributed by atoms with E-state index in [4.69, 9.17) is 4.74 Å². The summed E-state index contributed by atoms with van der Waals surface area (Å²) >= 11 is 0. The molecule has 0 radical (unpaired) electrons. The van der Waals surface area contributed by atoms with Crippen molar-refractivity contribution >= 4 is 10.0 Å². The molecule has 2 aliphatic heterocycles. The molecule has 2 fully saturated rings. The van der Waals surface area contributed by atoms with Crippen LogP contribution in [0.5, 0.6) is 0 Å². The van der Waals surface area contributed by atoms with Gasteiger partial charge in [-0.25, -0.2) is 8.42 Å². The maximum Gasteiger partial charge on any atom is 0.243 e. The summed E-state index contributed by atoms with van der Waals surface area (Å²) in [5.41, 5.74) is 0.911. The molecule has 24 heavy (non-hydrogen) atoms. The molecule has 1 atom stereocenters. The quantitative estimate of drug-likeness (QED) is 0.815. The fraction of sp³-hybridized carbons (Fsp3) is 0.667. The zero-order valence-electron chi connectivity index (χ0n) is 14.6. The molecule has 134 valence electrons. The van der Waals surface area contributed by atoms with Crippen LogP contribution in [0, 0.1) is 11.8 Å². The second-order valence-corrected chi connectivity index (χ2v) is 9.06. The van der Waals surface area contributed by atoms with Gasteiger partial charge in [-0.1, -0.05) is 32.0 Å². The predicted molar refractivity (Wildman–Crippen MR) is 94.2 cm³/mol. The zero-order chi connectivity index (χ0) is 17.2. The standard InChI is InChI=1S/C18H28N2O3S/c1-15(2)16-7-8-19(13-16)14-17-5-3-4-6-18(17)24(21,22)20-9-11-23-12-10-20/h3-6,15-16H,7-14H2,1-2H3. The van der Waals surface area contributed by atoms with E-state index in [1.54, 1.807) is 10.4 Å². The Balaban J connectivity index is 1.78. The van der Waals surface area contributed by atoms with Crippen LogP contribution in [0.4, 0.5) is 0 Å². The van der Waals surface area contributed by atoms with Crippen LogP contribution in [-0.4, -0.2) is 57.0 Å². The summed E-state index contributed by atoms with van der Waals surface area (Å²) in [7, 11) is -3.44. The molecule has 0 saturated carbocycles. The molecular weight excluding hydrogens is 324 g/mol. The summed E-state index contributed by atoms with van der Waals surface area (Å²) < 4.78 is 32.9. The highest BCUT2D eigenvalue weighted by Crippen LogP contribution is 2.27. The molecule has 0 aromatic heterocycles. The van der Waals surface area contributed by atoms with Crippen molar-refractivity contribution in [2.24, 2.45) is 11.8 Å². The summed E-state index contributed by atoms with van der Waals surface area (Å²) in [6.45, 7) is 9.19. The van der Waals surface area contributed by atoms with Gasteiger partial charge in [0.15, 0.2) is 0 Å². The SMILES string of the molecule is CC(C)C1CCN(Cc2ccccc2S(=O)(=O)N2CCOCC2)C1. The average Bonchev–Trinajstić information content (AvgIpc) is 3.05. The number of benzene rings is 1. The number of hydrogen-bond acceptors (Lipinski definition) is 4. The van der Waals surface area contributed by atoms with Gasteiger partial charge in [0.1, 0.15) is 0 Å². The first kappa shape index (κ1) is 17.9. The molecule has 5 nitrogen and oxygen atoms in total. The van der Waals surface area contributed by atoms with Gasteiger partial charge < -0.3 is 4.74 Å². The minimum absolute atomic E-state index is 0.440. The van der Waals surface area contributed by atoms with E-state index in [0.29, 0.717) is 49.6 Å². The third-order valence-corrected chi connectivity index (χ3v) is 7.21. The molecule has 0 spiro atoms. The van der Waals surface area contributed by atoms with E-state index in [-0.39, 0.29) is 0 Å². The molecule has 2 aliphatic rings. The number of sulfonamides is 1. The highest BCUT2D eigenvalue weighted by Gasteiger charge is 2.30. The van der Waals surface area contributed by atoms with Gasteiger partial charge in [-0.05, 0) is 36.4 Å². The minimum Gasteiger partial charge on any atom is -0.379 e. The number of hydrogen-bond donors (Lipinski definition) is 0. The van der Waals surface area contributed by atoms with Crippen LogP contribution in [0.25, 0.3) is 0 Å². The summed E-state index contributed by atoms with van der Waals surface area (Å²) in [5.74, 6) is 1.40. The zero-order valence-corrected chi connectivity index (χ0v) is 15.5. The lowest BCUT2D eigenvalue weighted by atomic mass is 9.95. The molecule has 0 aliphatic carbocycles. The van der Waals surface area contributed by atoms with Gasteiger partial charge >= 0.3 is 0 Å². The summed E-state index contributed by atoms with van der Waals surface area (Å²) in [5, 5.41) is 0. The molecule has 0 N–H and O–H groups in total. The third-order valence-electron chi connectivity index (χ3n) is 5.21. The van der Waals surface area contributed by atoms with Crippen molar-refractivity contribution in [2.45, 2.75) is 31.7 Å². The van der Waals surface area contributed by atoms with E-state index in [2.05, 4.69) is 18.7 Å². The van der Waals surface area contributed by atoms with Crippen molar-refractivity contribution in [3.63, 3.8) is 0 Å². The van der Waals surface area contributed by atoms with Gasteiger partial charge in [0.05, 0.1) is 18.1 Å². The van der Waals surface area contributed by atoms with Crippen LogP contribution < -0.4 is 0 Å². The Hall–Kier alpha value is -0.950. The maximum absolute atomic E-state index is 13.0. The smallest absolute Gasteiger partial charge is 0.243 e. The van der Waals surface area contributed by atoms with E-state index in [9.17, 15) is 8.42 Å². The monoisotopic (exact) mass is 352 g/mol. The molecule has 1 unspecified atom stereocenters. The topological polar surface area (TPSA) is 49.9 Å². The van der Waals surface area contributed by atoms with Crippen molar-refractivity contribution in [3.8, 4) is 0 Å². The number of ether oxygens (including phenoxy) is 1. The molecule has 2 heterocycles. The predicted octanol–water partition coefficient (Wildman–Crippen LogP) is 2.19. The van der Waals surface area contributed by atoms with Gasteiger partial charge in [0, 0.05) is 26.2 Å². The molecule has 1 aromatic carbocycles. The first-order chi connectivity index (χ1) is 11.5. The van der Waals surface area contributed by atoms with Gasteiger partial charge in [-0.3, -0.25) is 4.90 Å². The Morgan fingerprint density at radius 3 is 2.54 bits per heavy atom. The Bertz CT molecular complexity index is 654. The van der Waals surface area contributed by atoms with Crippen LogP contribution in [0.15, 0.2) is 29.2 Å². The lowest BCUT2D eigenvalue weighted by molar-refractivity contribution is 0.0730. The van der Waals surface area contributed by atoms with Gasteiger partial charge in [0.25, 0.3) is 0 Å². The largest absolute Gasteiger partial charge is 0.379 e. The van der Waals surface area contributed by atoms with Crippen LogP contribution in [0.2, 0.25) is 0 Å². The van der Waals surface area contributed by atoms with E-state index < -0.39 is 10.0 Å². The summed E-state index contributed by atoms with van der Waals surface area (Å²) in [4.78, 5) is 2.85. The molecular formula is C18H28N2O3S. The fourth-order valence-corrected chi connectivity index (χ4v) is 5.23. The van der Waals surface area contributed by atoms with Gasteiger partial charge in [-0.2, -0.15) is 4.31 Å². The lowest BCUT2D eigenvalue weighted by Crippen LogP contribution is -2.41. The molecule has 1 aromatic rings. The molecule has 6 heteroatoms. The van der Waals surface area contributed by atoms with Crippen molar-refractivity contribution in [2.75, 3.05) is 39.4 Å². The van der Waals surface area contributed by atoms with Crippen molar-refractivity contribution in [1.82, 2.24) is 9.21 Å². The first-order valence-corrected chi connectivity index (χ1v) is 10.3. The van der Waals surface area contributed by atoms with Crippen molar-refractivity contribution in [1.29, 1.82) is 0 Å². The average molecular weight is 353 g/mol. The fourth-order valence-electron chi connectivity index (χ4n) is 3.60. The van der Waals surface area contributed by atoms with E-state index in [1.165, 1.54) is 6.42 Å². The van der Waals surface area contributed by atoms with Gasteiger partial charge in [0.2, 0.25) is 10.0 Å². The summed E-state index contributed by atoms with van der Waals surface area (Å²) in [6, 6.07) is 7.45. The van der Waals surface area contributed by atoms with Crippen LogP contribution in [0.3, 0.4) is 0 Å². The maximum atomic E-state index is 13.0. The normalized spacial score (nSPS) is 23.9. The Kier molecular flexibility index (Phi) is 5.59. The first-order valence-electron chi connectivity index (χ1n) is 8.86. The highest BCUT2D eigenvalue weighted by molar-refractivity contribution is 7.89. The lowest BCUT2D eigenvalue weighted by Gasteiger charge is -2.27. The van der Waals surface area contributed by atoms with Crippen molar-refractivity contribution < 1.29 is 13.2 Å². The molecule has 3 rings (SSSR count). The number of rotatable bonds is 5. The van der Waals surface area contributed by atoms with Gasteiger partial charge in [-0.15, -0.1) is 0 Å². The molecule has 2 saturated heterocycles. The van der Waals surface area contributed by atoms with Crippen molar-refractivity contribution in [3.05, 3.63) is 29.8 Å². The van der Waals surface area contributed by atoms with E-state index in [1.807, 2.05) is 18.2 Å². The number of likely N-dealkylation sites (tertiary alicyclic amines) is 1. The van der Waals surface area contributed by atoms with Crippen LogP contribution in [-0.2, 0) is 21.3 Å². The highest BCUT2D eigenvalue weighted by atomic mass is 32.2. The van der Waals surface area contributed by atoms with E-state index in [0.717, 1.165) is 18.7 Å². The van der Waals surface area contributed by atoms with E-state index >= 15 is 0 Å². The third kappa shape index (κ3) is 3.82. The number of morpholine rings is 1.